The lowest BCUT2D eigenvalue weighted by Gasteiger charge is -2.60. The number of hydrogen-bond acceptors (Lipinski definition) is 4. The number of carbonyl (C=O) groups is 1. The lowest BCUT2D eigenvalue weighted by Crippen LogP contribution is -2.59. The highest BCUT2D eigenvalue weighted by molar-refractivity contribution is 8.16. The molecule has 0 aromatic rings. The molecule has 0 spiro atoms. The molecule has 4 aliphatic carbocycles. The molecule has 2 atom stereocenters. The van der Waals surface area contributed by atoms with Gasteiger partial charge in [-0.25, -0.2) is 4.79 Å². The van der Waals surface area contributed by atoms with Crippen molar-refractivity contribution in [3.8, 4) is 0 Å². The van der Waals surface area contributed by atoms with Gasteiger partial charge in [0.25, 0.3) is 0 Å². The van der Waals surface area contributed by atoms with Crippen molar-refractivity contribution in [3.05, 3.63) is 12.2 Å². The Morgan fingerprint density at radius 1 is 1.26 bits per heavy atom. The molecular formula is C16H21F3O2S2. The highest BCUT2D eigenvalue weighted by Crippen LogP contribution is 2.63. The second-order valence-electron chi connectivity index (χ2n) is 7.24. The molecule has 4 saturated carbocycles. The van der Waals surface area contributed by atoms with Crippen molar-refractivity contribution in [1.29, 1.82) is 0 Å². The summed E-state index contributed by atoms with van der Waals surface area (Å²) in [4.78, 5) is 11.9. The van der Waals surface area contributed by atoms with Gasteiger partial charge in [0.05, 0.1) is 0 Å². The molecule has 0 aromatic heterocycles. The molecule has 0 saturated heterocycles. The smallest absolute Gasteiger partial charge is 0.422 e. The van der Waals surface area contributed by atoms with Crippen molar-refractivity contribution in [2.24, 2.45) is 11.8 Å². The van der Waals surface area contributed by atoms with E-state index in [1.165, 1.54) is 0 Å². The lowest BCUT2D eigenvalue weighted by molar-refractivity contribution is -0.185. The SMILES string of the molecule is C=C(C(=O)OC12CC3CC(C1)CC(SCSC)(C3)C2)C(F)(F)F. The van der Waals surface area contributed by atoms with Crippen molar-refractivity contribution >= 4 is 29.5 Å². The minimum atomic E-state index is -4.72. The summed E-state index contributed by atoms with van der Waals surface area (Å²) in [5.74, 6) is -0.348. The van der Waals surface area contributed by atoms with Gasteiger partial charge in [-0.2, -0.15) is 24.9 Å². The fourth-order valence-corrected chi connectivity index (χ4v) is 7.49. The Bertz CT molecular complexity index is 504. The van der Waals surface area contributed by atoms with Gasteiger partial charge in [0.2, 0.25) is 0 Å². The molecule has 2 nitrogen and oxygen atoms in total. The Morgan fingerprint density at radius 3 is 2.39 bits per heavy atom. The third-order valence-corrected chi connectivity index (χ3v) is 7.84. The summed E-state index contributed by atoms with van der Waals surface area (Å²) in [6.45, 7) is 2.88. The van der Waals surface area contributed by atoms with E-state index in [1.807, 2.05) is 11.8 Å². The fourth-order valence-electron chi connectivity index (χ4n) is 4.94. The topological polar surface area (TPSA) is 26.3 Å². The van der Waals surface area contributed by atoms with Crippen LogP contribution in [0.3, 0.4) is 0 Å². The molecule has 130 valence electrons. The number of esters is 1. The maximum Gasteiger partial charge on any atom is 0.422 e. The molecule has 4 bridgehead atoms. The third-order valence-electron chi connectivity index (χ3n) is 5.33. The monoisotopic (exact) mass is 366 g/mol. The predicted octanol–water partition coefficient (Wildman–Crippen LogP) is 4.79. The summed E-state index contributed by atoms with van der Waals surface area (Å²) in [6.07, 6.45) is 2.78. The van der Waals surface area contributed by atoms with Crippen LogP contribution in [-0.4, -0.2) is 33.8 Å². The van der Waals surface area contributed by atoms with Gasteiger partial charge >= 0.3 is 12.1 Å². The molecule has 7 heteroatoms. The third kappa shape index (κ3) is 3.41. The van der Waals surface area contributed by atoms with Crippen LogP contribution in [0.15, 0.2) is 12.2 Å². The minimum absolute atomic E-state index is 0.0763. The second kappa shape index (κ2) is 5.90. The molecule has 0 N–H and O–H groups in total. The number of rotatable bonds is 5. The van der Waals surface area contributed by atoms with Crippen LogP contribution in [0.2, 0.25) is 0 Å². The summed E-state index contributed by atoms with van der Waals surface area (Å²) >= 11 is 3.66. The molecular weight excluding hydrogens is 345 g/mol. The average molecular weight is 366 g/mol. The normalized spacial score (nSPS) is 38.6. The number of ether oxygens (including phenoxy) is 1. The van der Waals surface area contributed by atoms with Crippen molar-refractivity contribution in [2.75, 3.05) is 11.3 Å². The molecule has 0 radical (unpaired) electrons. The van der Waals surface area contributed by atoms with E-state index in [2.05, 4.69) is 12.8 Å². The summed E-state index contributed by atoms with van der Waals surface area (Å²) in [7, 11) is 0. The highest BCUT2D eigenvalue weighted by atomic mass is 32.2. The van der Waals surface area contributed by atoms with E-state index in [0.717, 1.165) is 24.3 Å². The van der Waals surface area contributed by atoms with Crippen LogP contribution >= 0.6 is 23.5 Å². The zero-order valence-corrected chi connectivity index (χ0v) is 14.7. The Morgan fingerprint density at radius 2 is 1.87 bits per heavy atom. The summed E-state index contributed by atoms with van der Waals surface area (Å²) in [5.41, 5.74) is -2.10. The van der Waals surface area contributed by atoms with Crippen molar-refractivity contribution in [3.63, 3.8) is 0 Å². The largest absolute Gasteiger partial charge is 0.455 e. The van der Waals surface area contributed by atoms with Crippen LogP contribution in [-0.2, 0) is 9.53 Å². The number of carbonyl (C=O) groups excluding carboxylic acids is 1. The van der Waals surface area contributed by atoms with Gasteiger partial charge < -0.3 is 4.74 Å². The summed E-state index contributed by atoms with van der Waals surface area (Å²) in [6, 6.07) is 0. The van der Waals surface area contributed by atoms with Gasteiger partial charge in [-0.05, 0) is 50.2 Å². The van der Waals surface area contributed by atoms with Crippen molar-refractivity contribution in [1.82, 2.24) is 0 Å². The van der Waals surface area contributed by atoms with E-state index in [9.17, 15) is 18.0 Å². The molecule has 0 aromatic carbocycles. The number of halogens is 3. The van der Waals surface area contributed by atoms with Crippen molar-refractivity contribution in [2.45, 2.75) is 55.0 Å². The average Bonchev–Trinajstić information content (AvgIpc) is 2.41. The Hall–Kier alpha value is -0.300. The number of alkyl halides is 3. The van der Waals surface area contributed by atoms with Crippen LogP contribution in [0.1, 0.15) is 38.5 Å². The summed E-state index contributed by atoms with van der Waals surface area (Å²) < 4.78 is 43.6. The van der Waals surface area contributed by atoms with Gasteiger partial charge in [0, 0.05) is 16.3 Å². The van der Waals surface area contributed by atoms with Crippen LogP contribution in [0.4, 0.5) is 13.2 Å². The number of thioether (sulfide) groups is 2. The van der Waals surface area contributed by atoms with Gasteiger partial charge in [-0.1, -0.05) is 6.58 Å². The minimum Gasteiger partial charge on any atom is -0.455 e. The molecule has 0 heterocycles. The van der Waals surface area contributed by atoms with Crippen LogP contribution in [0.25, 0.3) is 0 Å². The van der Waals surface area contributed by atoms with Crippen LogP contribution < -0.4 is 0 Å². The van der Waals surface area contributed by atoms with E-state index >= 15 is 0 Å². The maximum absolute atomic E-state index is 12.7. The Kier molecular flexibility index (Phi) is 4.49. The van der Waals surface area contributed by atoms with E-state index in [0.29, 0.717) is 31.1 Å². The van der Waals surface area contributed by atoms with Crippen LogP contribution in [0.5, 0.6) is 0 Å². The molecule has 0 aliphatic heterocycles. The standard InChI is InChI=1S/C16H21F3O2S2/c1-10(16(17,18)19)13(20)21-14-4-11-3-12(5-14)7-15(6-11,8-14)23-9-22-2/h11-12H,1,3-9H2,2H3. The van der Waals surface area contributed by atoms with E-state index in [1.54, 1.807) is 11.8 Å². The van der Waals surface area contributed by atoms with Crippen molar-refractivity contribution < 1.29 is 22.7 Å². The van der Waals surface area contributed by atoms with E-state index in [-0.39, 0.29) is 4.75 Å². The first-order valence-corrected chi connectivity index (χ1v) is 10.2. The molecule has 4 fully saturated rings. The van der Waals surface area contributed by atoms with E-state index in [4.69, 9.17) is 4.74 Å². The molecule has 4 aliphatic rings. The zero-order valence-electron chi connectivity index (χ0n) is 13.1. The van der Waals surface area contributed by atoms with E-state index < -0.39 is 23.3 Å². The first-order chi connectivity index (χ1) is 10.7. The van der Waals surface area contributed by atoms with Gasteiger partial charge in [0.15, 0.2) is 0 Å². The quantitative estimate of drug-likeness (QED) is 0.397. The highest BCUT2D eigenvalue weighted by Gasteiger charge is 2.60. The first kappa shape index (κ1) is 17.5. The maximum atomic E-state index is 12.7. The van der Waals surface area contributed by atoms with Gasteiger partial charge in [-0.15, -0.1) is 11.8 Å². The summed E-state index contributed by atoms with van der Waals surface area (Å²) in [5, 5.41) is 0.971. The predicted molar refractivity (Wildman–Crippen MR) is 87.4 cm³/mol. The van der Waals surface area contributed by atoms with Gasteiger partial charge in [0.1, 0.15) is 11.2 Å². The first-order valence-electron chi connectivity index (χ1n) is 7.79. The molecule has 23 heavy (non-hydrogen) atoms. The van der Waals surface area contributed by atoms with Crippen LogP contribution in [0, 0.1) is 11.8 Å². The Labute approximate surface area is 143 Å². The lowest BCUT2D eigenvalue weighted by atomic mass is 9.53. The number of hydrogen-bond donors (Lipinski definition) is 0. The molecule has 4 rings (SSSR count). The second-order valence-corrected chi connectivity index (χ2v) is 9.92. The fraction of sp³-hybridized carbons (Fsp3) is 0.812. The molecule has 0 amide bonds. The molecule has 2 unspecified atom stereocenters. The Balaban J connectivity index is 1.76. The zero-order chi connectivity index (χ0) is 16.9. The van der Waals surface area contributed by atoms with Gasteiger partial charge in [-0.3, -0.25) is 0 Å².